The topological polar surface area (TPSA) is 29.9 Å². The van der Waals surface area contributed by atoms with Crippen LogP contribution in [0.25, 0.3) is 0 Å². The van der Waals surface area contributed by atoms with E-state index in [0.29, 0.717) is 6.54 Å². The van der Waals surface area contributed by atoms with E-state index in [4.69, 9.17) is 0 Å². The number of hydrogen-bond donors (Lipinski definition) is 1. The van der Waals surface area contributed by atoms with Gasteiger partial charge in [-0.2, -0.15) is 5.10 Å². The summed E-state index contributed by atoms with van der Waals surface area (Å²) in [6.45, 7) is 6.57. The van der Waals surface area contributed by atoms with Crippen molar-refractivity contribution in [2.24, 2.45) is 0 Å². The van der Waals surface area contributed by atoms with Crippen LogP contribution in [-0.2, 0) is 13.1 Å². The number of rotatable bonds is 5. The Labute approximate surface area is 85.5 Å². The molecule has 0 aliphatic heterocycles. The lowest BCUT2D eigenvalue weighted by atomic mass is 10.4. The Morgan fingerprint density at radius 2 is 2.43 bits per heavy atom. The molecule has 0 fully saturated rings. The lowest BCUT2D eigenvalue weighted by Gasteiger charge is -1.98. The normalized spacial score (nSPS) is 9.57. The quantitative estimate of drug-likeness (QED) is 0.563. The summed E-state index contributed by atoms with van der Waals surface area (Å²) < 4.78 is 1.86. The van der Waals surface area contributed by atoms with Crippen molar-refractivity contribution in [3.63, 3.8) is 0 Å². The molecule has 3 nitrogen and oxygen atoms in total. The van der Waals surface area contributed by atoms with Gasteiger partial charge < -0.3 is 5.32 Å². The van der Waals surface area contributed by atoms with Crippen molar-refractivity contribution >= 4 is 0 Å². The van der Waals surface area contributed by atoms with E-state index >= 15 is 0 Å². The first-order chi connectivity index (χ1) is 6.86. The molecule has 1 rings (SSSR count). The summed E-state index contributed by atoms with van der Waals surface area (Å²) in [7, 11) is 0. The van der Waals surface area contributed by atoms with Gasteiger partial charge in [0.2, 0.25) is 0 Å². The van der Waals surface area contributed by atoms with E-state index in [-0.39, 0.29) is 0 Å². The average Bonchev–Trinajstić information content (AvgIpc) is 2.63. The zero-order valence-electron chi connectivity index (χ0n) is 8.88. The van der Waals surface area contributed by atoms with E-state index in [2.05, 4.69) is 29.2 Å². The molecule has 0 saturated carbocycles. The Hall–Kier alpha value is -1.27. The molecular weight excluding hydrogens is 174 g/mol. The minimum atomic E-state index is 0.685. The molecule has 0 aliphatic carbocycles. The van der Waals surface area contributed by atoms with Crippen molar-refractivity contribution in [2.75, 3.05) is 6.54 Å². The Bertz CT molecular complexity index is 317. The fraction of sp³-hybridized carbons (Fsp3) is 0.545. The third-order valence-electron chi connectivity index (χ3n) is 1.85. The second kappa shape index (κ2) is 6.22. The monoisotopic (exact) mass is 191 g/mol. The van der Waals surface area contributed by atoms with Gasteiger partial charge in [-0.05, 0) is 26.0 Å². The second-order valence-electron chi connectivity index (χ2n) is 3.11. The smallest absolute Gasteiger partial charge is 0.102 e. The summed E-state index contributed by atoms with van der Waals surface area (Å²) in [6, 6.07) is 2.03. The number of nitrogens with zero attached hydrogens (tertiary/aromatic N) is 2. The molecule has 0 spiro atoms. The van der Waals surface area contributed by atoms with Crippen molar-refractivity contribution < 1.29 is 0 Å². The molecule has 0 aromatic carbocycles. The Kier molecular flexibility index (Phi) is 4.81. The molecule has 1 N–H and O–H groups in total. The van der Waals surface area contributed by atoms with Gasteiger partial charge in [0.15, 0.2) is 0 Å². The molecule has 0 unspecified atom stereocenters. The molecule has 14 heavy (non-hydrogen) atoms. The Balaban J connectivity index is 2.37. The summed E-state index contributed by atoms with van der Waals surface area (Å²) >= 11 is 0. The van der Waals surface area contributed by atoms with Gasteiger partial charge in [0.05, 0.1) is 5.69 Å². The number of aromatic nitrogens is 2. The highest BCUT2D eigenvalue weighted by atomic mass is 15.3. The molecule has 0 aliphatic rings. The highest BCUT2D eigenvalue weighted by Gasteiger charge is 1.96. The molecule has 0 bridgehead atoms. The summed E-state index contributed by atoms with van der Waals surface area (Å²) in [4.78, 5) is 0. The molecule has 0 atom stereocenters. The van der Waals surface area contributed by atoms with Gasteiger partial charge in [-0.3, -0.25) is 4.68 Å². The van der Waals surface area contributed by atoms with Crippen LogP contribution in [0, 0.1) is 11.8 Å². The van der Waals surface area contributed by atoms with Gasteiger partial charge in [0, 0.05) is 12.7 Å². The fourth-order valence-corrected chi connectivity index (χ4v) is 1.14. The molecule has 3 heteroatoms. The van der Waals surface area contributed by atoms with E-state index in [1.807, 2.05) is 23.9 Å². The maximum Gasteiger partial charge on any atom is 0.102 e. The van der Waals surface area contributed by atoms with Gasteiger partial charge >= 0.3 is 0 Å². The first-order valence-electron chi connectivity index (χ1n) is 4.99. The van der Waals surface area contributed by atoms with Crippen LogP contribution in [0.15, 0.2) is 12.3 Å². The molecule has 0 radical (unpaired) electrons. The predicted octanol–water partition coefficient (Wildman–Crippen LogP) is 1.41. The predicted molar refractivity (Wildman–Crippen MR) is 57.7 cm³/mol. The molecule has 1 aromatic heterocycles. The van der Waals surface area contributed by atoms with Crippen molar-refractivity contribution in [1.29, 1.82) is 0 Å². The molecular formula is C11H17N3. The number of nitrogens with one attached hydrogen (secondary N) is 1. The van der Waals surface area contributed by atoms with Gasteiger partial charge in [0.25, 0.3) is 0 Å². The molecule has 1 aromatic rings. The second-order valence-corrected chi connectivity index (χ2v) is 3.11. The van der Waals surface area contributed by atoms with E-state index in [1.54, 1.807) is 0 Å². The van der Waals surface area contributed by atoms with Crippen molar-refractivity contribution in [3.8, 4) is 11.8 Å². The zero-order valence-corrected chi connectivity index (χ0v) is 8.88. The summed E-state index contributed by atoms with van der Waals surface area (Å²) in [5, 5.41) is 7.68. The van der Waals surface area contributed by atoms with Gasteiger partial charge in [-0.25, -0.2) is 0 Å². The van der Waals surface area contributed by atoms with Gasteiger partial charge in [0.1, 0.15) is 6.54 Å². The molecule has 0 saturated heterocycles. The first-order valence-corrected chi connectivity index (χ1v) is 4.99. The average molecular weight is 191 g/mol. The highest BCUT2D eigenvalue weighted by Crippen LogP contribution is 1.94. The third-order valence-corrected chi connectivity index (χ3v) is 1.85. The summed E-state index contributed by atoms with van der Waals surface area (Å²) in [5.74, 6) is 5.83. The minimum absolute atomic E-state index is 0.685. The van der Waals surface area contributed by atoms with Crippen molar-refractivity contribution in [2.45, 2.75) is 33.4 Å². The zero-order chi connectivity index (χ0) is 10.2. The summed E-state index contributed by atoms with van der Waals surface area (Å²) in [6.07, 6.45) is 3.12. The Morgan fingerprint density at radius 1 is 1.57 bits per heavy atom. The highest BCUT2D eigenvalue weighted by molar-refractivity contribution is 5.01. The Morgan fingerprint density at radius 3 is 3.14 bits per heavy atom. The number of hydrogen-bond acceptors (Lipinski definition) is 2. The van der Waals surface area contributed by atoms with E-state index in [0.717, 1.165) is 25.2 Å². The van der Waals surface area contributed by atoms with Gasteiger partial charge in [-0.15, -0.1) is 5.92 Å². The third kappa shape index (κ3) is 3.63. The van der Waals surface area contributed by atoms with Crippen molar-refractivity contribution in [3.05, 3.63) is 18.0 Å². The lowest BCUT2D eigenvalue weighted by molar-refractivity contribution is 0.636. The standard InChI is InChI=1S/C11H17N3/c1-3-5-8-14-9-6-11(13-14)10-12-7-4-2/h6,9,12H,4,7-8,10H2,1-2H3. The summed E-state index contributed by atoms with van der Waals surface area (Å²) in [5.41, 5.74) is 1.08. The van der Waals surface area contributed by atoms with E-state index in [1.165, 1.54) is 0 Å². The van der Waals surface area contributed by atoms with Crippen LogP contribution in [-0.4, -0.2) is 16.3 Å². The van der Waals surface area contributed by atoms with Crippen molar-refractivity contribution in [1.82, 2.24) is 15.1 Å². The van der Waals surface area contributed by atoms with Crippen LogP contribution in [0.3, 0.4) is 0 Å². The molecule has 76 valence electrons. The maximum absolute atomic E-state index is 4.37. The van der Waals surface area contributed by atoms with Crippen LogP contribution in [0.4, 0.5) is 0 Å². The van der Waals surface area contributed by atoms with Crippen LogP contribution >= 0.6 is 0 Å². The lowest BCUT2D eigenvalue weighted by Crippen LogP contribution is -2.14. The van der Waals surface area contributed by atoms with Crippen LogP contribution in [0.2, 0.25) is 0 Å². The SMILES string of the molecule is CC#CCn1ccc(CNCCC)n1. The largest absolute Gasteiger partial charge is 0.311 e. The fourth-order valence-electron chi connectivity index (χ4n) is 1.14. The van der Waals surface area contributed by atoms with E-state index in [9.17, 15) is 0 Å². The molecule has 0 amide bonds. The maximum atomic E-state index is 4.37. The van der Waals surface area contributed by atoms with Crippen LogP contribution in [0.5, 0.6) is 0 Å². The molecule has 1 heterocycles. The first kappa shape index (κ1) is 10.8. The minimum Gasteiger partial charge on any atom is -0.311 e. The van der Waals surface area contributed by atoms with E-state index < -0.39 is 0 Å². The van der Waals surface area contributed by atoms with Crippen LogP contribution in [0.1, 0.15) is 26.0 Å². The van der Waals surface area contributed by atoms with Crippen LogP contribution < -0.4 is 5.32 Å². The van der Waals surface area contributed by atoms with Gasteiger partial charge in [-0.1, -0.05) is 12.8 Å².